The number of nitrogens with zero attached hydrogens (tertiary/aromatic N) is 4. The fourth-order valence-corrected chi connectivity index (χ4v) is 5.38. The summed E-state index contributed by atoms with van der Waals surface area (Å²) in [5, 5.41) is 4.91. The molecule has 1 atom stereocenters. The Morgan fingerprint density at radius 3 is 2.44 bits per heavy atom. The van der Waals surface area contributed by atoms with E-state index in [1.165, 1.54) is 5.56 Å². The monoisotopic (exact) mass is 522 g/mol. The van der Waals surface area contributed by atoms with Gasteiger partial charge in [-0.05, 0) is 59.7 Å². The maximum absolute atomic E-state index is 13.8. The molecule has 4 heterocycles. The SMILES string of the molecule is CC(C)c1ccc(COc2ccc(-c3c(-c4ccncc4)nn4c3C(=O)N(CC3CCCO3)CC4)cc2)cc1. The number of ether oxygens (including phenoxy) is 2. The first kappa shape index (κ1) is 25.3. The number of carbonyl (C=O) groups excluding carboxylic acids is 1. The largest absolute Gasteiger partial charge is 0.489 e. The summed E-state index contributed by atoms with van der Waals surface area (Å²) in [5.41, 5.74) is 6.59. The Morgan fingerprint density at radius 1 is 0.974 bits per heavy atom. The van der Waals surface area contributed by atoms with Crippen molar-refractivity contribution < 1.29 is 14.3 Å². The van der Waals surface area contributed by atoms with Crippen LogP contribution in [0.15, 0.2) is 73.1 Å². The van der Waals surface area contributed by atoms with Gasteiger partial charge in [0.15, 0.2) is 0 Å². The normalized spacial score (nSPS) is 17.1. The molecule has 7 heteroatoms. The van der Waals surface area contributed by atoms with Crippen LogP contribution in [0.5, 0.6) is 5.75 Å². The van der Waals surface area contributed by atoms with Gasteiger partial charge in [0.25, 0.3) is 5.91 Å². The van der Waals surface area contributed by atoms with Crippen LogP contribution in [-0.4, -0.2) is 51.4 Å². The smallest absolute Gasteiger partial charge is 0.272 e. The Kier molecular flexibility index (Phi) is 7.16. The molecule has 0 N–H and O–H groups in total. The second kappa shape index (κ2) is 11.0. The number of pyridine rings is 1. The maximum atomic E-state index is 13.8. The molecule has 2 aliphatic heterocycles. The number of hydrogen-bond acceptors (Lipinski definition) is 5. The third-order valence-corrected chi connectivity index (χ3v) is 7.62. The molecule has 7 nitrogen and oxygen atoms in total. The van der Waals surface area contributed by atoms with E-state index in [1.807, 2.05) is 46.0 Å². The minimum absolute atomic E-state index is 0.00438. The number of amides is 1. The molecular formula is C32H34N4O3. The number of carbonyl (C=O) groups is 1. The quantitative estimate of drug-likeness (QED) is 0.286. The molecule has 1 fully saturated rings. The molecule has 0 aliphatic carbocycles. The fourth-order valence-electron chi connectivity index (χ4n) is 5.38. The van der Waals surface area contributed by atoms with Crippen LogP contribution in [-0.2, 0) is 17.9 Å². The van der Waals surface area contributed by atoms with Crippen molar-refractivity contribution in [2.45, 2.75) is 51.9 Å². The molecule has 2 aliphatic rings. The van der Waals surface area contributed by atoms with Gasteiger partial charge >= 0.3 is 0 Å². The summed E-state index contributed by atoms with van der Waals surface area (Å²) in [4.78, 5) is 19.9. The number of aromatic nitrogens is 3. The van der Waals surface area contributed by atoms with E-state index in [0.29, 0.717) is 37.9 Å². The molecule has 0 radical (unpaired) electrons. The molecule has 0 bridgehead atoms. The number of benzene rings is 2. The number of hydrogen-bond donors (Lipinski definition) is 0. The third kappa shape index (κ3) is 5.32. The Balaban J connectivity index is 1.28. The van der Waals surface area contributed by atoms with Gasteiger partial charge in [0, 0.05) is 43.2 Å². The third-order valence-electron chi connectivity index (χ3n) is 7.62. The lowest BCUT2D eigenvalue weighted by Gasteiger charge is -2.30. The van der Waals surface area contributed by atoms with Gasteiger partial charge in [0.1, 0.15) is 23.7 Å². The van der Waals surface area contributed by atoms with Crippen molar-refractivity contribution in [3.8, 4) is 28.1 Å². The van der Waals surface area contributed by atoms with Gasteiger partial charge in [0.2, 0.25) is 0 Å². The summed E-state index contributed by atoms with van der Waals surface area (Å²) < 4.78 is 13.8. The van der Waals surface area contributed by atoms with Crippen molar-refractivity contribution in [1.29, 1.82) is 0 Å². The summed E-state index contributed by atoms with van der Waals surface area (Å²) in [7, 11) is 0. The summed E-state index contributed by atoms with van der Waals surface area (Å²) >= 11 is 0. The van der Waals surface area contributed by atoms with E-state index in [9.17, 15) is 4.79 Å². The fraction of sp³-hybridized carbons (Fsp3) is 0.344. The average molecular weight is 523 g/mol. The van der Waals surface area contributed by atoms with E-state index in [1.54, 1.807) is 12.4 Å². The van der Waals surface area contributed by atoms with Crippen molar-refractivity contribution >= 4 is 5.91 Å². The minimum Gasteiger partial charge on any atom is -0.489 e. The van der Waals surface area contributed by atoms with E-state index in [2.05, 4.69) is 43.1 Å². The minimum atomic E-state index is 0.00438. The number of fused-ring (bicyclic) bond motifs is 1. The van der Waals surface area contributed by atoms with Crippen LogP contribution in [0.2, 0.25) is 0 Å². The first-order chi connectivity index (χ1) is 19.1. The van der Waals surface area contributed by atoms with Gasteiger partial charge in [-0.15, -0.1) is 0 Å². The van der Waals surface area contributed by atoms with Crippen LogP contribution >= 0.6 is 0 Å². The number of rotatable bonds is 8. The van der Waals surface area contributed by atoms with Crippen LogP contribution in [0, 0.1) is 0 Å². The Morgan fingerprint density at radius 2 is 1.74 bits per heavy atom. The standard InChI is InChI=1S/C32H34N4O3/c1-22(2)24-7-5-23(6-8-24)21-39-27-11-9-25(10-12-27)29-30(26-13-15-33-16-14-26)34-36-18-17-35(32(37)31(29)36)20-28-4-3-19-38-28/h5-16,22,28H,3-4,17-21H2,1-2H3. The van der Waals surface area contributed by atoms with Crippen LogP contribution in [0.25, 0.3) is 22.4 Å². The molecule has 1 saturated heterocycles. The topological polar surface area (TPSA) is 69.5 Å². The van der Waals surface area contributed by atoms with Crippen LogP contribution in [0.4, 0.5) is 0 Å². The molecular weight excluding hydrogens is 488 g/mol. The highest BCUT2D eigenvalue weighted by Gasteiger charge is 2.34. The summed E-state index contributed by atoms with van der Waals surface area (Å²) in [6.45, 7) is 7.58. The molecule has 200 valence electrons. The second-order valence-corrected chi connectivity index (χ2v) is 10.6. The first-order valence-corrected chi connectivity index (χ1v) is 13.8. The molecule has 2 aromatic heterocycles. The predicted molar refractivity (Wildman–Crippen MR) is 151 cm³/mol. The lowest BCUT2D eigenvalue weighted by atomic mass is 9.98. The van der Waals surface area contributed by atoms with Crippen molar-refractivity contribution in [1.82, 2.24) is 19.7 Å². The van der Waals surface area contributed by atoms with Gasteiger partial charge in [0.05, 0.1) is 12.6 Å². The van der Waals surface area contributed by atoms with Crippen molar-refractivity contribution in [3.05, 3.63) is 89.9 Å². The molecule has 39 heavy (non-hydrogen) atoms. The van der Waals surface area contributed by atoms with E-state index in [-0.39, 0.29) is 12.0 Å². The Bertz CT molecular complexity index is 1420. The molecule has 0 spiro atoms. The highest BCUT2D eigenvalue weighted by atomic mass is 16.5. The molecule has 1 amide bonds. The first-order valence-electron chi connectivity index (χ1n) is 13.8. The molecule has 0 saturated carbocycles. The maximum Gasteiger partial charge on any atom is 0.272 e. The molecule has 1 unspecified atom stereocenters. The predicted octanol–water partition coefficient (Wildman–Crippen LogP) is 5.95. The van der Waals surface area contributed by atoms with Gasteiger partial charge < -0.3 is 14.4 Å². The zero-order chi connectivity index (χ0) is 26.8. The van der Waals surface area contributed by atoms with Crippen LogP contribution in [0.3, 0.4) is 0 Å². The van der Waals surface area contributed by atoms with Crippen molar-refractivity contribution in [2.24, 2.45) is 0 Å². The van der Waals surface area contributed by atoms with E-state index >= 15 is 0 Å². The summed E-state index contributed by atoms with van der Waals surface area (Å²) in [6.07, 6.45) is 5.69. The van der Waals surface area contributed by atoms with Gasteiger partial charge in [-0.1, -0.05) is 50.2 Å². The van der Waals surface area contributed by atoms with Crippen LogP contribution < -0.4 is 4.74 Å². The van der Waals surface area contributed by atoms with E-state index < -0.39 is 0 Å². The highest BCUT2D eigenvalue weighted by molar-refractivity contribution is 6.03. The zero-order valence-electron chi connectivity index (χ0n) is 22.5. The summed E-state index contributed by atoms with van der Waals surface area (Å²) in [6, 6.07) is 20.4. The lowest BCUT2D eigenvalue weighted by Crippen LogP contribution is -2.44. The molecule has 4 aromatic rings. The highest BCUT2D eigenvalue weighted by Crippen LogP contribution is 2.37. The Hall–Kier alpha value is -3.97. The zero-order valence-corrected chi connectivity index (χ0v) is 22.5. The lowest BCUT2D eigenvalue weighted by molar-refractivity contribution is 0.0469. The van der Waals surface area contributed by atoms with Gasteiger partial charge in [-0.2, -0.15) is 5.10 Å². The van der Waals surface area contributed by atoms with Crippen LogP contribution in [0.1, 0.15) is 54.2 Å². The van der Waals surface area contributed by atoms with Crippen molar-refractivity contribution in [2.75, 3.05) is 19.7 Å². The molecule has 6 rings (SSSR count). The second-order valence-electron chi connectivity index (χ2n) is 10.6. The summed E-state index contributed by atoms with van der Waals surface area (Å²) in [5.74, 6) is 1.29. The van der Waals surface area contributed by atoms with Gasteiger partial charge in [-0.3, -0.25) is 14.5 Å². The van der Waals surface area contributed by atoms with Crippen molar-refractivity contribution in [3.63, 3.8) is 0 Å². The molecule has 2 aromatic carbocycles. The van der Waals surface area contributed by atoms with E-state index in [4.69, 9.17) is 14.6 Å². The van der Waals surface area contributed by atoms with E-state index in [0.717, 1.165) is 53.1 Å². The van der Waals surface area contributed by atoms with Gasteiger partial charge in [-0.25, -0.2) is 0 Å². The average Bonchev–Trinajstić information content (AvgIpc) is 3.63. The Labute approximate surface area is 229 Å².